The van der Waals surface area contributed by atoms with E-state index in [-0.39, 0.29) is 6.79 Å². The minimum absolute atomic E-state index is 0.0116. The van der Waals surface area contributed by atoms with Crippen LogP contribution in [0.3, 0.4) is 0 Å². The Labute approximate surface area is 101 Å². The van der Waals surface area contributed by atoms with Crippen LogP contribution in [0.2, 0.25) is 0 Å². The van der Waals surface area contributed by atoms with E-state index in [0.717, 1.165) is 11.3 Å². The molecule has 17 heavy (non-hydrogen) atoms. The van der Waals surface area contributed by atoms with Crippen LogP contribution in [0.5, 0.6) is 5.75 Å². The van der Waals surface area contributed by atoms with Crippen molar-refractivity contribution >= 4 is 12.0 Å². The van der Waals surface area contributed by atoms with Gasteiger partial charge in [0.1, 0.15) is 5.75 Å². The normalized spacial score (nSPS) is 10.5. The van der Waals surface area contributed by atoms with Crippen molar-refractivity contribution in [3.05, 3.63) is 35.9 Å². The molecule has 0 atom stereocenters. The standard InChI is InChI=1S/C13H16O4/c1-3-16-10-17-13(14)9-6-11-4-7-12(15-2)8-5-11/h4-9H,3,10H2,1-2H3/b9-6+. The maximum absolute atomic E-state index is 11.2. The van der Waals surface area contributed by atoms with E-state index in [4.69, 9.17) is 14.2 Å². The van der Waals surface area contributed by atoms with Gasteiger partial charge in [-0.2, -0.15) is 0 Å². The second-order valence-corrected chi connectivity index (χ2v) is 3.18. The highest BCUT2D eigenvalue weighted by atomic mass is 16.7. The van der Waals surface area contributed by atoms with Crippen LogP contribution in [-0.4, -0.2) is 26.5 Å². The summed E-state index contributed by atoms with van der Waals surface area (Å²) in [5.74, 6) is 0.357. The topological polar surface area (TPSA) is 44.8 Å². The van der Waals surface area contributed by atoms with Gasteiger partial charge in [0.25, 0.3) is 0 Å². The predicted molar refractivity (Wildman–Crippen MR) is 64.6 cm³/mol. The van der Waals surface area contributed by atoms with E-state index in [1.165, 1.54) is 6.08 Å². The van der Waals surface area contributed by atoms with E-state index < -0.39 is 5.97 Å². The number of hydrogen-bond donors (Lipinski definition) is 0. The van der Waals surface area contributed by atoms with E-state index in [1.807, 2.05) is 31.2 Å². The molecule has 92 valence electrons. The minimum atomic E-state index is -0.422. The lowest BCUT2D eigenvalue weighted by molar-refractivity contribution is -0.149. The van der Waals surface area contributed by atoms with Gasteiger partial charge in [-0.15, -0.1) is 0 Å². The van der Waals surface area contributed by atoms with Crippen LogP contribution >= 0.6 is 0 Å². The van der Waals surface area contributed by atoms with Crippen LogP contribution < -0.4 is 4.74 Å². The lowest BCUT2D eigenvalue weighted by atomic mass is 10.2. The SMILES string of the molecule is CCOCOC(=O)/C=C/c1ccc(OC)cc1. The van der Waals surface area contributed by atoms with Crippen LogP contribution in [0.15, 0.2) is 30.3 Å². The summed E-state index contributed by atoms with van der Waals surface area (Å²) in [6.45, 7) is 2.35. The van der Waals surface area contributed by atoms with Crippen molar-refractivity contribution in [3.63, 3.8) is 0 Å². The Bertz CT molecular complexity index is 368. The highest BCUT2D eigenvalue weighted by Gasteiger charge is 1.96. The van der Waals surface area contributed by atoms with Gasteiger partial charge >= 0.3 is 5.97 Å². The quantitative estimate of drug-likeness (QED) is 0.329. The zero-order valence-corrected chi connectivity index (χ0v) is 10.0. The lowest BCUT2D eigenvalue weighted by Gasteiger charge is -2.01. The Morgan fingerprint density at radius 1 is 1.29 bits per heavy atom. The summed E-state index contributed by atoms with van der Waals surface area (Å²) in [7, 11) is 1.61. The van der Waals surface area contributed by atoms with Crippen LogP contribution in [0, 0.1) is 0 Å². The highest BCUT2D eigenvalue weighted by Crippen LogP contribution is 2.12. The molecule has 1 rings (SSSR count). The van der Waals surface area contributed by atoms with Crippen LogP contribution in [-0.2, 0) is 14.3 Å². The molecule has 0 unspecified atom stereocenters. The van der Waals surface area contributed by atoms with E-state index in [2.05, 4.69) is 0 Å². The van der Waals surface area contributed by atoms with Gasteiger partial charge in [-0.05, 0) is 30.7 Å². The minimum Gasteiger partial charge on any atom is -0.497 e. The summed E-state index contributed by atoms with van der Waals surface area (Å²) >= 11 is 0. The molecule has 0 saturated carbocycles. The summed E-state index contributed by atoms with van der Waals surface area (Å²) < 4.78 is 14.7. The summed E-state index contributed by atoms with van der Waals surface area (Å²) in [5.41, 5.74) is 0.902. The molecule has 0 heterocycles. The lowest BCUT2D eigenvalue weighted by Crippen LogP contribution is -2.05. The van der Waals surface area contributed by atoms with Gasteiger partial charge in [0.15, 0.2) is 6.79 Å². The molecule has 4 heteroatoms. The average Bonchev–Trinajstić information content (AvgIpc) is 2.37. The van der Waals surface area contributed by atoms with Crippen LogP contribution in [0.25, 0.3) is 6.08 Å². The van der Waals surface area contributed by atoms with Gasteiger partial charge in [-0.3, -0.25) is 0 Å². The molecule has 0 aromatic heterocycles. The largest absolute Gasteiger partial charge is 0.497 e. The third-order valence-electron chi connectivity index (χ3n) is 2.02. The van der Waals surface area contributed by atoms with Crippen molar-refractivity contribution in [2.24, 2.45) is 0 Å². The Kier molecular flexibility index (Phi) is 5.82. The van der Waals surface area contributed by atoms with Gasteiger partial charge in [-0.1, -0.05) is 12.1 Å². The van der Waals surface area contributed by atoms with Crippen molar-refractivity contribution in [1.82, 2.24) is 0 Å². The number of methoxy groups -OCH3 is 1. The first-order chi connectivity index (χ1) is 8.26. The molecule has 0 bridgehead atoms. The van der Waals surface area contributed by atoms with Crippen LogP contribution in [0.4, 0.5) is 0 Å². The first kappa shape index (κ1) is 13.3. The molecule has 0 spiro atoms. The fraction of sp³-hybridized carbons (Fsp3) is 0.308. The number of benzene rings is 1. The number of ether oxygens (including phenoxy) is 3. The molecular formula is C13H16O4. The Morgan fingerprint density at radius 2 is 2.00 bits per heavy atom. The van der Waals surface area contributed by atoms with Gasteiger partial charge in [-0.25, -0.2) is 4.79 Å². The molecule has 1 aromatic rings. The van der Waals surface area contributed by atoms with E-state index in [0.29, 0.717) is 6.61 Å². The van der Waals surface area contributed by atoms with E-state index in [1.54, 1.807) is 13.2 Å². The monoisotopic (exact) mass is 236 g/mol. The molecule has 0 aliphatic rings. The summed E-state index contributed by atoms with van der Waals surface area (Å²) in [5, 5.41) is 0. The number of hydrogen-bond acceptors (Lipinski definition) is 4. The summed E-state index contributed by atoms with van der Waals surface area (Å²) in [6.07, 6.45) is 3.04. The Hall–Kier alpha value is -1.81. The maximum Gasteiger partial charge on any atom is 0.332 e. The second-order valence-electron chi connectivity index (χ2n) is 3.18. The number of esters is 1. The van der Waals surface area contributed by atoms with E-state index >= 15 is 0 Å². The Balaban J connectivity index is 2.43. The van der Waals surface area contributed by atoms with Crippen LogP contribution in [0.1, 0.15) is 12.5 Å². The second kappa shape index (κ2) is 7.46. The molecule has 0 radical (unpaired) electrons. The summed E-state index contributed by atoms with van der Waals surface area (Å²) in [6, 6.07) is 7.35. The molecule has 0 N–H and O–H groups in total. The van der Waals surface area contributed by atoms with Crippen molar-refractivity contribution < 1.29 is 19.0 Å². The number of rotatable bonds is 6. The molecule has 0 amide bonds. The van der Waals surface area contributed by atoms with Crippen molar-refractivity contribution in [2.45, 2.75) is 6.92 Å². The molecule has 1 aromatic carbocycles. The smallest absolute Gasteiger partial charge is 0.332 e. The summed E-state index contributed by atoms with van der Waals surface area (Å²) in [4.78, 5) is 11.2. The maximum atomic E-state index is 11.2. The molecular weight excluding hydrogens is 220 g/mol. The number of carbonyl (C=O) groups is 1. The molecule has 4 nitrogen and oxygen atoms in total. The highest BCUT2D eigenvalue weighted by molar-refractivity contribution is 5.86. The molecule has 0 fully saturated rings. The van der Waals surface area contributed by atoms with E-state index in [9.17, 15) is 4.79 Å². The Morgan fingerprint density at radius 3 is 2.59 bits per heavy atom. The fourth-order valence-corrected chi connectivity index (χ4v) is 1.11. The van der Waals surface area contributed by atoms with Gasteiger partial charge in [0, 0.05) is 12.7 Å². The van der Waals surface area contributed by atoms with Gasteiger partial charge < -0.3 is 14.2 Å². The first-order valence-electron chi connectivity index (χ1n) is 5.33. The van der Waals surface area contributed by atoms with Gasteiger partial charge in [0.2, 0.25) is 0 Å². The number of carbonyl (C=O) groups excluding carboxylic acids is 1. The zero-order chi connectivity index (χ0) is 12.5. The predicted octanol–water partition coefficient (Wildman–Crippen LogP) is 2.25. The van der Waals surface area contributed by atoms with Crippen molar-refractivity contribution in [1.29, 1.82) is 0 Å². The van der Waals surface area contributed by atoms with Gasteiger partial charge in [0.05, 0.1) is 7.11 Å². The molecule has 0 aliphatic carbocycles. The third-order valence-corrected chi connectivity index (χ3v) is 2.02. The first-order valence-corrected chi connectivity index (χ1v) is 5.33. The fourth-order valence-electron chi connectivity index (χ4n) is 1.11. The molecule has 0 saturated heterocycles. The van der Waals surface area contributed by atoms with Crippen molar-refractivity contribution in [3.8, 4) is 5.75 Å². The zero-order valence-electron chi connectivity index (χ0n) is 10.0. The molecule has 0 aliphatic heterocycles. The average molecular weight is 236 g/mol. The third kappa shape index (κ3) is 5.17. The van der Waals surface area contributed by atoms with Crippen molar-refractivity contribution in [2.75, 3.05) is 20.5 Å².